The summed E-state index contributed by atoms with van der Waals surface area (Å²) < 4.78 is 0. The van der Waals surface area contributed by atoms with Gasteiger partial charge in [0.15, 0.2) is 0 Å². The van der Waals surface area contributed by atoms with Crippen LogP contribution >= 0.6 is 11.6 Å². The molecular formula is C12H18ClN. The van der Waals surface area contributed by atoms with Crippen LogP contribution in [0, 0.1) is 12.3 Å². The Balaban J connectivity index is 3.12. The zero-order valence-electron chi connectivity index (χ0n) is 9.26. The minimum absolute atomic E-state index is 0.0289. The van der Waals surface area contributed by atoms with E-state index in [1.807, 2.05) is 18.2 Å². The molecular weight excluding hydrogens is 194 g/mol. The highest BCUT2D eigenvalue weighted by Crippen LogP contribution is 2.33. The number of hydrogen-bond donors (Lipinski definition) is 1. The van der Waals surface area contributed by atoms with E-state index in [-0.39, 0.29) is 11.5 Å². The quantitative estimate of drug-likeness (QED) is 0.754. The molecule has 1 atom stereocenters. The van der Waals surface area contributed by atoms with Crippen LogP contribution in [0.1, 0.15) is 37.9 Å². The molecule has 1 aromatic carbocycles. The maximum absolute atomic E-state index is 6.18. The van der Waals surface area contributed by atoms with E-state index in [4.69, 9.17) is 17.3 Å². The van der Waals surface area contributed by atoms with Gasteiger partial charge in [-0.25, -0.2) is 0 Å². The summed E-state index contributed by atoms with van der Waals surface area (Å²) in [5.41, 5.74) is 8.60. The van der Waals surface area contributed by atoms with E-state index in [1.54, 1.807) is 0 Å². The van der Waals surface area contributed by atoms with E-state index in [0.29, 0.717) is 0 Å². The van der Waals surface area contributed by atoms with Crippen molar-refractivity contribution in [3.8, 4) is 0 Å². The zero-order valence-corrected chi connectivity index (χ0v) is 10.0. The van der Waals surface area contributed by atoms with Crippen LogP contribution in [0.3, 0.4) is 0 Å². The lowest BCUT2D eigenvalue weighted by atomic mass is 9.81. The number of hydrogen-bond acceptors (Lipinski definition) is 1. The first kappa shape index (κ1) is 11.5. The third-order valence-electron chi connectivity index (χ3n) is 2.51. The van der Waals surface area contributed by atoms with E-state index < -0.39 is 0 Å². The first-order valence-corrected chi connectivity index (χ1v) is 5.22. The molecule has 1 aromatic rings. The molecule has 1 nitrogen and oxygen atoms in total. The molecule has 0 aromatic heterocycles. The molecule has 0 aliphatic heterocycles. The fourth-order valence-corrected chi connectivity index (χ4v) is 1.59. The Hall–Kier alpha value is -0.530. The average molecular weight is 212 g/mol. The van der Waals surface area contributed by atoms with Crippen molar-refractivity contribution in [3.63, 3.8) is 0 Å². The van der Waals surface area contributed by atoms with Crippen LogP contribution in [-0.2, 0) is 0 Å². The first-order chi connectivity index (χ1) is 6.32. The van der Waals surface area contributed by atoms with Gasteiger partial charge in [-0.05, 0) is 35.6 Å². The van der Waals surface area contributed by atoms with Crippen molar-refractivity contribution in [1.29, 1.82) is 0 Å². The topological polar surface area (TPSA) is 26.0 Å². The van der Waals surface area contributed by atoms with Crippen molar-refractivity contribution in [3.05, 3.63) is 34.3 Å². The third-order valence-corrected chi connectivity index (χ3v) is 2.74. The Bertz CT molecular complexity index is 326. The van der Waals surface area contributed by atoms with Gasteiger partial charge >= 0.3 is 0 Å². The van der Waals surface area contributed by atoms with Crippen LogP contribution in [0.2, 0.25) is 5.02 Å². The van der Waals surface area contributed by atoms with E-state index in [9.17, 15) is 0 Å². The number of benzene rings is 1. The molecule has 0 aliphatic carbocycles. The van der Waals surface area contributed by atoms with E-state index >= 15 is 0 Å². The van der Waals surface area contributed by atoms with Gasteiger partial charge in [0, 0.05) is 11.1 Å². The van der Waals surface area contributed by atoms with E-state index in [2.05, 4.69) is 27.7 Å². The Kier molecular flexibility index (Phi) is 3.23. The molecule has 0 saturated carbocycles. The molecule has 1 rings (SSSR count). The Labute approximate surface area is 91.3 Å². The predicted molar refractivity (Wildman–Crippen MR) is 62.6 cm³/mol. The number of halogens is 1. The smallest absolute Gasteiger partial charge is 0.0409 e. The lowest BCUT2D eigenvalue weighted by Gasteiger charge is -2.28. The Morgan fingerprint density at radius 3 is 2.36 bits per heavy atom. The number of nitrogens with two attached hydrogens (primary N) is 1. The van der Waals surface area contributed by atoms with Crippen LogP contribution in [-0.4, -0.2) is 0 Å². The summed E-state index contributed by atoms with van der Waals surface area (Å²) >= 11 is 5.96. The molecule has 0 unspecified atom stereocenters. The molecule has 14 heavy (non-hydrogen) atoms. The van der Waals surface area contributed by atoms with E-state index in [0.717, 1.165) is 10.6 Å². The fraction of sp³-hybridized carbons (Fsp3) is 0.500. The highest BCUT2D eigenvalue weighted by atomic mass is 35.5. The van der Waals surface area contributed by atoms with Gasteiger partial charge in [-0.2, -0.15) is 0 Å². The van der Waals surface area contributed by atoms with Crippen LogP contribution in [0.15, 0.2) is 18.2 Å². The summed E-state index contributed by atoms with van der Waals surface area (Å²) in [4.78, 5) is 0. The van der Waals surface area contributed by atoms with Gasteiger partial charge in [-0.1, -0.05) is 38.4 Å². The van der Waals surface area contributed by atoms with E-state index in [1.165, 1.54) is 5.56 Å². The van der Waals surface area contributed by atoms with Crippen molar-refractivity contribution >= 4 is 11.6 Å². The zero-order chi connectivity index (χ0) is 10.9. The number of rotatable bonds is 1. The van der Waals surface area contributed by atoms with Crippen LogP contribution in [0.4, 0.5) is 0 Å². The van der Waals surface area contributed by atoms with Crippen molar-refractivity contribution in [2.45, 2.75) is 33.7 Å². The highest BCUT2D eigenvalue weighted by Gasteiger charge is 2.23. The summed E-state index contributed by atoms with van der Waals surface area (Å²) in [5, 5.41) is 0.755. The molecule has 0 aliphatic rings. The molecule has 0 amide bonds. The minimum Gasteiger partial charge on any atom is -0.324 e. The second-order valence-electron chi connectivity index (χ2n) is 4.84. The monoisotopic (exact) mass is 211 g/mol. The van der Waals surface area contributed by atoms with Gasteiger partial charge in [0.05, 0.1) is 0 Å². The molecule has 2 heteroatoms. The van der Waals surface area contributed by atoms with Crippen LogP contribution in [0.5, 0.6) is 0 Å². The molecule has 0 fully saturated rings. The predicted octanol–water partition coefficient (Wildman–Crippen LogP) is 3.69. The van der Waals surface area contributed by atoms with Crippen LogP contribution in [0.25, 0.3) is 0 Å². The van der Waals surface area contributed by atoms with Crippen LogP contribution < -0.4 is 5.73 Å². The van der Waals surface area contributed by atoms with Gasteiger partial charge in [-0.15, -0.1) is 0 Å². The second kappa shape index (κ2) is 3.92. The van der Waals surface area contributed by atoms with Crippen molar-refractivity contribution < 1.29 is 0 Å². The van der Waals surface area contributed by atoms with Crippen molar-refractivity contribution in [2.24, 2.45) is 11.1 Å². The van der Waals surface area contributed by atoms with Gasteiger partial charge in [0.2, 0.25) is 0 Å². The Morgan fingerprint density at radius 2 is 1.86 bits per heavy atom. The maximum Gasteiger partial charge on any atom is 0.0409 e. The summed E-state index contributed by atoms with van der Waals surface area (Å²) in [6.07, 6.45) is 0. The summed E-state index contributed by atoms with van der Waals surface area (Å²) in [6.45, 7) is 8.48. The van der Waals surface area contributed by atoms with Gasteiger partial charge in [-0.3, -0.25) is 0 Å². The van der Waals surface area contributed by atoms with Crippen molar-refractivity contribution in [1.82, 2.24) is 0 Å². The minimum atomic E-state index is 0.0289. The lowest BCUT2D eigenvalue weighted by Crippen LogP contribution is -2.26. The summed E-state index contributed by atoms with van der Waals surface area (Å²) in [5.74, 6) is 0. The Morgan fingerprint density at radius 1 is 1.29 bits per heavy atom. The third kappa shape index (κ3) is 2.49. The maximum atomic E-state index is 6.18. The second-order valence-corrected chi connectivity index (χ2v) is 5.28. The molecule has 0 spiro atoms. The first-order valence-electron chi connectivity index (χ1n) is 4.84. The lowest BCUT2D eigenvalue weighted by molar-refractivity contribution is 0.326. The van der Waals surface area contributed by atoms with Gasteiger partial charge < -0.3 is 5.73 Å². The normalized spacial score (nSPS) is 14.1. The molecule has 0 saturated heterocycles. The molecule has 2 N–H and O–H groups in total. The van der Waals surface area contributed by atoms with Gasteiger partial charge in [0.25, 0.3) is 0 Å². The SMILES string of the molecule is Cc1ccc(Cl)cc1[C@H](N)C(C)(C)C. The average Bonchev–Trinajstić information content (AvgIpc) is 2.06. The standard InChI is InChI=1S/C12H18ClN/c1-8-5-6-9(13)7-10(8)11(14)12(2,3)4/h5-7,11H,14H2,1-4H3/t11-/m0/s1. The molecule has 0 bridgehead atoms. The van der Waals surface area contributed by atoms with Gasteiger partial charge in [0.1, 0.15) is 0 Å². The molecule has 0 radical (unpaired) electrons. The summed E-state index contributed by atoms with van der Waals surface area (Å²) in [6, 6.07) is 5.91. The largest absolute Gasteiger partial charge is 0.324 e. The highest BCUT2D eigenvalue weighted by molar-refractivity contribution is 6.30. The molecule has 78 valence electrons. The molecule has 0 heterocycles. The summed E-state index contributed by atoms with van der Waals surface area (Å²) in [7, 11) is 0. The fourth-order valence-electron chi connectivity index (χ4n) is 1.41. The van der Waals surface area contributed by atoms with Crippen molar-refractivity contribution in [2.75, 3.05) is 0 Å². The number of aryl methyl sites for hydroxylation is 1.